The third kappa shape index (κ3) is 3.11. The van der Waals surface area contributed by atoms with E-state index in [4.69, 9.17) is 4.74 Å². The monoisotopic (exact) mass is 268 g/mol. The fraction of sp³-hybridized carbons (Fsp3) is 0.636. The molecule has 6 nitrogen and oxygen atoms in total. The van der Waals surface area contributed by atoms with E-state index >= 15 is 0 Å². The second-order valence-corrected chi connectivity index (χ2v) is 11.2. The molecule has 0 aliphatic carbocycles. The van der Waals surface area contributed by atoms with Crippen molar-refractivity contribution in [3.05, 3.63) is 12.0 Å². The van der Waals surface area contributed by atoms with Crippen molar-refractivity contribution < 1.29 is 9.53 Å². The van der Waals surface area contributed by atoms with Gasteiger partial charge < -0.3 is 15.4 Å². The largest absolute Gasteiger partial charge is 0.361 e. The number of carbonyl (C=O) groups is 1. The molecule has 1 aliphatic heterocycles. The van der Waals surface area contributed by atoms with E-state index in [9.17, 15) is 4.79 Å². The van der Waals surface area contributed by atoms with Crippen LogP contribution in [0.25, 0.3) is 0 Å². The SMILES string of the molecule is C[Si](C)(C)CCOCn1cnc2c1NCNC2=O. The van der Waals surface area contributed by atoms with Gasteiger partial charge >= 0.3 is 0 Å². The van der Waals surface area contributed by atoms with Crippen LogP contribution < -0.4 is 10.6 Å². The molecule has 0 aromatic carbocycles. The number of nitrogens with one attached hydrogen (secondary N) is 2. The predicted octanol–water partition coefficient (Wildman–Crippen LogP) is 1.31. The molecule has 1 aromatic heterocycles. The quantitative estimate of drug-likeness (QED) is 0.624. The van der Waals surface area contributed by atoms with Gasteiger partial charge in [0.2, 0.25) is 0 Å². The molecule has 0 atom stereocenters. The smallest absolute Gasteiger partial charge is 0.275 e. The van der Waals surface area contributed by atoms with Crippen LogP contribution in [0.2, 0.25) is 25.7 Å². The molecule has 2 N–H and O–H groups in total. The first kappa shape index (κ1) is 13.1. The number of carbonyl (C=O) groups excluding carboxylic acids is 1. The Balaban J connectivity index is 1.89. The van der Waals surface area contributed by atoms with Crippen molar-refractivity contribution in [1.82, 2.24) is 14.9 Å². The number of hydrogen-bond acceptors (Lipinski definition) is 4. The van der Waals surface area contributed by atoms with Crippen LogP contribution in [-0.4, -0.2) is 36.8 Å². The van der Waals surface area contributed by atoms with E-state index in [1.165, 1.54) is 0 Å². The van der Waals surface area contributed by atoms with Gasteiger partial charge in [0, 0.05) is 14.7 Å². The van der Waals surface area contributed by atoms with E-state index in [1.54, 1.807) is 6.33 Å². The first-order chi connectivity index (χ1) is 8.47. The van der Waals surface area contributed by atoms with Gasteiger partial charge in [0.25, 0.3) is 5.91 Å². The second kappa shape index (κ2) is 5.11. The van der Waals surface area contributed by atoms with Gasteiger partial charge in [0.05, 0.1) is 13.0 Å². The Morgan fingerprint density at radius 1 is 1.44 bits per heavy atom. The summed E-state index contributed by atoms with van der Waals surface area (Å²) in [7, 11) is -1.05. The zero-order chi connectivity index (χ0) is 13.2. The van der Waals surface area contributed by atoms with Crippen molar-refractivity contribution in [2.45, 2.75) is 32.4 Å². The number of imidazole rings is 1. The average Bonchev–Trinajstić information content (AvgIpc) is 2.68. The summed E-state index contributed by atoms with van der Waals surface area (Å²) < 4.78 is 7.47. The van der Waals surface area contributed by atoms with Gasteiger partial charge in [-0.15, -0.1) is 0 Å². The van der Waals surface area contributed by atoms with E-state index in [-0.39, 0.29) is 5.91 Å². The number of fused-ring (bicyclic) bond motifs is 1. The van der Waals surface area contributed by atoms with Gasteiger partial charge in [-0.05, 0) is 6.04 Å². The summed E-state index contributed by atoms with van der Waals surface area (Å²) in [5.74, 6) is 0.608. The molecule has 7 heteroatoms. The van der Waals surface area contributed by atoms with Crippen LogP contribution >= 0.6 is 0 Å². The molecule has 0 saturated heterocycles. The van der Waals surface area contributed by atoms with Gasteiger partial charge in [0.15, 0.2) is 5.69 Å². The third-order valence-electron chi connectivity index (χ3n) is 2.78. The summed E-state index contributed by atoms with van der Waals surface area (Å²) in [6, 6.07) is 1.14. The van der Waals surface area contributed by atoms with Crippen LogP contribution in [0.1, 0.15) is 10.5 Å². The highest BCUT2D eigenvalue weighted by Gasteiger charge is 2.21. The van der Waals surface area contributed by atoms with Gasteiger partial charge in [0.1, 0.15) is 12.5 Å². The number of anilines is 1. The molecule has 2 heterocycles. The molecular formula is C11H20N4O2Si. The number of amides is 1. The molecule has 0 fully saturated rings. The molecule has 2 rings (SSSR count). The molecule has 18 heavy (non-hydrogen) atoms. The second-order valence-electron chi connectivity index (χ2n) is 5.62. The lowest BCUT2D eigenvalue weighted by Crippen LogP contribution is -2.35. The Hall–Kier alpha value is -1.34. The summed E-state index contributed by atoms with van der Waals surface area (Å²) in [6.07, 6.45) is 1.64. The molecule has 0 unspecified atom stereocenters. The molecule has 1 aromatic rings. The maximum absolute atomic E-state index is 11.5. The van der Waals surface area contributed by atoms with E-state index < -0.39 is 8.07 Å². The molecular weight excluding hydrogens is 248 g/mol. The molecule has 0 radical (unpaired) electrons. The lowest BCUT2D eigenvalue weighted by Gasteiger charge is -2.18. The van der Waals surface area contributed by atoms with Crippen LogP contribution in [0.15, 0.2) is 6.33 Å². The fourth-order valence-electron chi connectivity index (χ4n) is 1.66. The average molecular weight is 268 g/mol. The van der Waals surface area contributed by atoms with Gasteiger partial charge in [-0.25, -0.2) is 4.98 Å². The maximum atomic E-state index is 11.5. The molecule has 0 saturated carbocycles. The van der Waals surface area contributed by atoms with Gasteiger partial charge in [-0.2, -0.15) is 0 Å². The standard InChI is InChI=1S/C11H20N4O2Si/c1-18(2,3)5-4-17-8-15-7-14-9-10(15)12-6-13-11(9)16/h7,12H,4-6,8H2,1-3H3,(H,13,16). The Morgan fingerprint density at radius 3 is 2.94 bits per heavy atom. The lowest BCUT2D eigenvalue weighted by molar-refractivity contribution is 0.0877. The summed E-state index contributed by atoms with van der Waals surface area (Å²) >= 11 is 0. The normalized spacial score (nSPS) is 14.9. The van der Waals surface area contributed by atoms with Crippen LogP contribution in [-0.2, 0) is 11.5 Å². The first-order valence-corrected chi connectivity index (χ1v) is 9.83. The summed E-state index contributed by atoms with van der Waals surface area (Å²) in [4.78, 5) is 15.6. The van der Waals surface area contributed by atoms with Crippen molar-refractivity contribution in [3.8, 4) is 0 Å². The van der Waals surface area contributed by atoms with E-state index in [0.29, 0.717) is 19.1 Å². The lowest BCUT2D eigenvalue weighted by atomic mass is 10.3. The van der Waals surface area contributed by atoms with Gasteiger partial charge in [-0.1, -0.05) is 19.6 Å². The Kier molecular flexibility index (Phi) is 3.72. The fourth-order valence-corrected chi connectivity index (χ4v) is 2.42. The molecule has 1 aliphatic rings. The zero-order valence-electron chi connectivity index (χ0n) is 11.1. The number of rotatable bonds is 5. The Labute approximate surface area is 108 Å². The number of nitrogens with zero attached hydrogens (tertiary/aromatic N) is 2. The van der Waals surface area contributed by atoms with Gasteiger partial charge in [-0.3, -0.25) is 9.36 Å². The predicted molar refractivity (Wildman–Crippen MR) is 72.3 cm³/mol. The van der Waals surface area contributed by atoms with Crippen molar-refractivity contribution in [2.24, 2.45) is 0 Å². The minimum absolute atomic E-state index is 0.135. The third-order valence-corrected chi connectivity index (χ3v) is 4.49. The van der Waals surface area contributed by atoms with Crippen LogP contribution in [0.4, 0.5) is 5.82 Å². The van der Waals surface area contributed by atoms with Crippen molar-refractivity contribution in [3.63, 3.8) is 0 Å². The van der Waals surface area contributed by atoms with Crippen LogP contribution in [0.3, 0.4) is 0 Å². The zero-order valence-corrected chi connectivity index (χ0v) is 12.1. The van der Waals surface area contributed by atoms with Crippen molar-refractivity contribution >= 4 is 19.8 Å². The molecule has 0 bridgehead atoms. The van der Waals surface area contributed by atoms with Crippen LogP contribution in [0, 0.1) is 0 Å². The Morgan fingerprint density at radius 2 is 2.22 bits per heavy atom. The maximum Gasteiger partial charge on any atom is 0.275 e. The highest BCUT2D eigenvalue weighted by atomic mass is 28.3. The summed E-state index contributed by atoms with van der Waals surface area (Å²) in [5.41, 5.74) is 0.440. The molecule has 100 valence electrons. The van der Waals surface area contributed by atoms with E-state index in [2.05, 4.69) is 35.3 Å². The van der Waals surface area contributed by atoms with Crippen molar-refractivity contribution in [2.75, 3.05) is 18.6 Å². The summed E-state index contributed by atoms with van der Waals surface area (Å²) in [6.45, 7) is 8.60. The van der Waals surface area contributed by atoms with Crippen molar-refractivity contribution in [1.29, 1.82) is 0 Å². The van der Waals surface area contributed by atoms with E-state index in [0.717, 1.165) is 18.5 Å². The highest BCUT2D eigenvalue weighted by molar-refractivity contribution is 6.76. The number of ether oxygens (including phenoxy) is 1. The molecule has 1 amide bonds. The van der Waals surface area contributed by atoms with E-state index in [1.807, 2.05) is 4.57 Å². The minimum Gasteiger partial charge on any atom is -0.361 e. The molecule has 0 spiro atoms. The highest BCUT2D eigenvalue weighted by Crippen LogP contribution is 2.17. The van der Waals surface area contributed by atoms with Crippen LogP contribution in [0.5, 0.6) is 0 Å². The Bertz CT molecular complexity index is 439. The topological polar surface area (TPSA) is 68.2 Å². The summed E-state index contributed by atoms with van der Waals surface area (Å²) in [5, 5.41) is 5.77. The number of hydrogen-bond donors (Lipinski definition) is 2. The number of aromatic nitrogens is 2. The minimum atomic E-state index is -1.05. The first-order valence-electron chi connectivity index (χ1n) is 6.12.